The summed E-state index contributed by atoms with van der Waals surface area (Å²) < 4.78 is 1.94. The third-order valence-corrected chi connectivity index (χ3v) is 5.60. The van der Waals surface area contributed by atoms with Gasteiger partial charge in [-0.3, -0.25) is 14.9 Å². The summed E-state index contributed by atoms with van der Waals surface area (Å²) in [6.45, 7) is 3.85. The molecule has 0 aliphatic carbocycles. The number of hydrogen-bond donors (Lipinski definition) is 1. The van der Waals surface area contributed by atoms with Gasteiger partial charge in [-0.25, -0.2) is 4.99 Å². The lowest BCUT2D eigenvalue weighted by Crippen LogP contribution is -2.19. The van der Waals surface area contributed by atoms with Crippen LogP contribution < -0.4 is 5.32 Å². The Hall–Kier alpha value is -3.65. The first kappa shape index (κ1) is 19.7. The largest absolute Gasteiger partial charge is 0.318 e. The van der Waals surface area contributed by atoms with E-state index in [1.807, 2.05) is 67.0 Å². The highest BCUT2D eigenvalue weighted by Gasteiger charge is 2.24. The van der Waals surface area contributed by atoms with E-state index in [9.17, 15) is 14.9 Å². The van der Waals surface area contributed by atoms with Crippen molar-refractivity contribution in [3.63, 3.8) is 0 Å². The number of nitrogens with one attached hydrogen (secondary N) is 1. The standard InChI is InChI=1S/C22H18N4O3S/c1-14-11-16(15(2)25(14)18-9-6-10-19(13-18)26(28)29)12-20-21(27)24-22(30-20)23-17-7-4-3-5-8-17/h3-13H,1-2H3,(H,23,24,27)/b20-12-. The molecule has 0 atom stereocenters. The second-order valence-electron chi connectivity index (χ2n) is 6.76. The highest BCUT2D eigenvalue weighted by molar-refractivity contribution is 8.18. The number of nitrogens with zero attached hydrogens (tertiary/aromatic N) is 3. The van der Waals surface area contributed by atoms with Crippen LogP contribution in [0.4, 0.5) is 11.4 Å². The molecule has 30 heavy (non-hydrogen) atoms. The molecule has 2 aromatic carbocycles. The molecule has 0 saturated carbocycles. The van der Waals surface area contributed by atoms with Crippen molar-refractivity contribution in [1.82, 2.24) is 9.88 Å². The lowest BCUT2D eigenvalue weighted by Gasteiger charge is -2.09. The lowest BCUT2D eigenvalue weighted by molar-refractivity contribution is -0.384. The smallest absolute Gasteiger partial charge is 0.271 e. The van der Waals surface area contributed by atoms with Crippen molar-refractivity contribution in [2.75, 3.05) is 0 Å². The maximum absolute atomic E-state index is 12.4. The molecule has 1 fully saturated rings. The van der Waals surface area contributed by atoms with Gasteiger partial charge in [0.2, 0.25) is 0 Å². The van der Waals surface area contributed by atoms with Gasteiger partial charge in [0, 0.05) is 23.5 Å². The predicted molar refractivity (Wildman–Crippen MR) is 119 cm³/mol. The minimum absolute atomic E-state index is 0.0346. The molecule has 8 heteroatoms. The van der Waals surface area contributed by atoms with Crippen LogP contribution in [0.3, 0.4) is 0 Å². The number of non-ortho nitro benzene ring substituents is 1. The average molecular weight is 418 g/mol. The fourth-order valence-electron chi connectivity index (χ4n) is 3.32. The summed E-state index contributed by atoms with van der Waals surface area (Å²) >= 11 is 1.29. The van der Waals surface area contributed by atoms with Crippen LogP contribution in [0.25, 0.3) is 11.8 Å². The van der Waals surface area contributed by atoms with Crippen LogP contribution in [0.15, 0.2) is 70.6 Å². The van der Waals surface area contributed by atoms with E-state index < -0.39 is 4.92 Å². The number of aryl methyl sites for hydroxylation is 1. The van der Waals surface area contributed by atoms with E-state index in [4.69, 9.17) is 0 Å². The molecule has 0 bridgehead atoms. The van der Waals surface area contributed by atoms with E-state index in [0.29, 0.717) is 15.8 Å². The van der Waals surface area contributed by atoms with Gasteiger partial charge in [-0.15, -0.1) is 0 Å². The highest BCUT2D eigenvalue weighted by Crippen LogP contribution is 2.31. The van der Waals surface area contributed by atoms with Crippen LogP contribution in [0, 0.1) is 24.0 Å². The summed E-state index contributed by atoms with van der Waals surface area (Å²) in [6.07, 6.45) is 1.82. The summed E-state index contributed by atoms with van der Waals surface area (Å²) in [5.41, 5.74) is 4.19. The van der Waals surface area contributed by atoms with Crippen LogP contribution in [-0.4, -0.2) is 20.6 Å². The summed E-state index contributed by atoms with van der Waals surface area (Å²) in [7, 11) is 0. The third-order valence-electron chi connectivity index (χ3n) is 4.69. The van der Waals surface area contributed by atoms with Crippen LogP contribution in [0.1, 0.15) is 17.0 Å². The molecule has 1 aromatic heterocycles. The number of hydrogen-bond acceptors (Lipinski definition) is 5. The summed E-state index contributed by atoms with van der Waals surface area (Å²) in [6, 6.07) is 17.9. The van der Waals surface area contributed by atoms with Crippen molar-refractivity contribution in [2.45, 2.75) is 13.8 Å². The zero-order valence-electron chi connectivity index (χ0n) is 16.3. The molecule has 3 aromatic rings. The molecule has 0 spiro atoms. The maximum Gasteiger partial charge on any atom is 0.271 e. The number of amidine groups is 1. The Morgan fingerprint density at radius 1 is 1.10 bits per heavy atom. The van der Waals surface area contributed by atoms with Gasteiger partial charge in [-0.2, -0.15) is 0 Å². The zero-order chi connectivity index (χ0) is 21.3. The number of nitro groups is 1. The fourth-order valence-corrected chi connectivity index (χ4v) is 4.15. The van der Waals surface area contributed by atoms with E-state index in [1.54, 1.807) is 12.1 Å². The van der Waals surface area contributed by atoms with Gasteiger partial charge in [0.1, 0.15) is 0 Å². The highest BCUT2D eigenvalue weighted by atomic mass is 32.2. The number of amides is 1. The number of carbonyl (C=O) groups is 1. The van der Waals surface area contributed by atoms with Gasteiger partial charge in [-0.05, 0) is 61.5 Å². The number of aliphatic imine (C=N–C) groups is 1. The Morgan fingerprint density at radius 3 is 2.60 bits per heavy atom. The van der Waals surface area contributed by atoms with Crippen molar-refractivity contribution < 1.29 is 9.72 Å². The molecule has 0 radical (unpaired) electrons. The normalized spacial score (nSPS) is 16.3. The minimum atomic E-state index is -0.409. The Balaban J connectivity index is 1.66. The average Bonchev–Trinajstić information content (AvgIpc) is 3.21. The van der Waals surface area contributed by atoms with Gasteiger partial charge in [0.25, 0.3) is 11.6 Å². The van der Waals surface area contributed by atoms with Crippen molar-refractivity contribution >= 4 is 40.3 Å². The topological polar surface area (TPSA) is 89.5 Å². The van der Waals surface area contributed by atoms with Crippen LogP contribution in [-0.2, 0) is 4.79 Å². The van der Waals surface area contributed by atoms with Crippen molar-refractivity contribution in [1.29, 1.82) is 0 Å². The van der Waals surface area contributed by atoms with Crippen molar-refractivity contribution in [3.05, 3.63) is 92.6 Å². The van der Waals surface area contributed by atoms with Crippen LogP contribution in [0.5, 0.6) is 0 Å². The van der Waals surface area contributed by atoms with Crippen LogP contribution >= 0.6 is 11.8 Å². The number of para-hydroxylation sites is 1. The second-order valence-corrected chi connectivity index (χ2v) is 7.79. The van der Waals surface area contributed by atoms with E-state index >= 15 is 0 Å². The molecule has 1 amide bonds. The zero-order valence-corrected chi connectivity index (χ0v) is 17.1. The number of benzene rings is 2. The number of aromatic nitrogens is 1. The van der Waals surface area contributed by atoms with Gasteiger partial charge < -0.3 is 9.88 Å². The minimum Gasteiger partial charge on any atom is -0.318 e. The van der Waals surface area contributed by atoms with Gasteiger partial charge >= 0.3 is 0 Å². The first-order chi connectivity index (χ1) is 14.4. The third kappa shape index (κ3) is 3.90. The van der Waals surface area contributed by atoms with E-state index in [1.165, 1.54) is 17.8 Å². The molecule has 2 heterocycles. The summed E-state index contributed by atoms with van der Waals surface area (Å²) in [4.78, 5) is 28.1. The van der Waals surface area contributed by atoms with E-state index in [0.717, 1.165) is 22.6 Å². The first-order valence-corrected chi connectivity index (χ1v) is 10.0. The van der Waals surface area contributed by atoms with E-state index in [-0.39, 0.29) is 11.6 Å². The SMILES string of the molecule is Cc1cc(/C=C2\SC(=Nc3ccccc3)NC2=O)c(C)n1-c1cccc([N+](=O)[O-])c1. The lowest BCUT2D eigenvalue weighted by atomic mass is 10.2. The second kappa shape index (κ2) is 8.00. The first-order valence-electron chi connectivity index (χ1n) is 9.21. The Labute approximate surface area is 177 Å². The number of nitro benzene ring substituents is 1. The Kier molecular flexibility index (Phi) is 5.24. The number of thioether (sulfide) groups is 1. The molecule has 150 valence electrons. The maximum atomic E-state index is 12.4. The van der Waals surface area contributed by atoms with Crippen LogP contribution in [0.2, 0.25) is 0 Å². The number of carbonyl (C=O) groups excluding carboxylic acids is 1. The van der Waals surface area contributed by atoms with Gasteiger partial charge in [0.05, 0.1) is 21.2 Å². The molecule has 1 aliphatic heterocycles. The Bertz CT molecular complexity index is 1210. The quantitative estimate of drug-likeness (QED) is 0.371. The predicted octanol–water partition coefficient (Wildman–Crippen LogP) is 4.89. The van der Waals surface area contributed by atoms with E-state index in [2.05, 4.69) is 10.3 Å². The Morgan fingerprint density at radius 2 is 1.87 bits per heavy atom. The van der Waals surface area contributed by atoms with Crippen molar-refractivity contribution in [3.8, 4) is 5.69 Å². The molecular weight excluding hydrogens is 400 g/mol. The molecule has 0 unspecified atom stereocenters. The molecule has 1 aliphatic rings. The molecule has 7 nitrogen and oxygen atoms in total. The molecular formula is C22H18N4O3S. The van der Waals surface area contributed by atoms with Crippen molar-refractivity contribution in [2.24, 2.45) is 4.99 Å². The molecule has 4 rings (SSSR count). The fraction of sp³-hybridized carbons (Fsp3) is 0.0909. The van der Waals surface area contributed by atoms with Gasteiger partial charge in [-0.1, -0.05) is 24.3 Å². The molecule has 1 N–H and O–H groups in total. The van der Waals surface area contributed by atoms with Gasteiger partial charge in [0.15, 0.2) is 5.17 Å². The number of rotatable bonds is 4. The molecule has 1 saturated heterocycles. The summed E-state index contributed by atoms with van der Waals surface area (Å²) in [5, 5.41) is 14.4. The monoisotopic (exact) mass is 418 g/mol. The summed E-state index contributed by atoms with van der Waals surface area (Å²) in [5.74, 6) is -0.199.